The summed E-state index contributed by atoms with van der Waals surface area (Å²) in [6.45, 7) is 0.529. The summed E-state index contributed by atoms with van der Waals surface area (Å²) in [5.74, 6) is 0. The monoisotopic (exact) mass is 298 g/mol. The summed E-state index contributed by atoms with van der Waals surface area (Å²) in [4.78, 5) is 13.6. The fraction of sp³-hybridized carbons (Fsp3) is 0.462. The Morgan fingerprint density at radius 2 is 1.95 bits per heavy atom. The molecule has 1 atom stereocenters. The molecule has 2 amide bonds. The first-order valence-electron chi connectivity index (χ1n) is 6.42. The number of amides is 2. The van der Waals surface area contributed by atoms with Crippen molar-refractivity contribution < 1.29 is 18.4 Å². The first kappa shape index (κ1) is 15.0. The third-order valence-electron chi connectivity index (χ3n) is 3.40. The van der Waals surface area contributed by atoms with Crippen molar-refractivity contribution in [2.75, 3.05) is 31.8 Å². The maximum absolute atomic E-state index is 12.1. The van der Waals surface area contributed by atoms with E-state index in [-0.39, 0.29) is 18.2 Å². The number of carbonyl (C=O) groups excluding carboxylic acids is 1. The minimum absolute atomic E-state index is 0.0523. The van der Waals surface area contributed by atoms with Crippen molar-refractivity contribution >= 4 is 19.3 Å². The third kappa shape index (κ3) is 3.20. The van der Waals surface area contributed by atoms with Crippen LogP contribution in [0.4, 0.5) is 10.5 Å². The van der Waals surface area contributed by atoms with Gasteiger partial charge in [-0.2, -0.15) is 0 Å². The van der Waals surface area contributed by atoms with Gasteiger partial charge in [-0.05, 0) is 18.6 Å². The van der Waals surface area contributed by atoms with Crippen molar-refractivity contribution in [3.63, 3.8) is 0 Å². The van der Waals surface area contributed by atoms with Gasteiger partial charge in [-0.1, -0.05) is 18.2 Å². The summed E-state index contributed by atoms with van der Waals surface area (Å²) in [7, 11) is -0.293. The number of nitrogens with zero attached hydrogens (tertiary/aromatic N) is 1. The van der Waals surface area contributed by atoms with Gasteiger partial charge in [0, 0.05) is 26.5 Å². The molecule has 2 rings (SSSR count). The van der Waals surface area contributed by atoms with Gasteiger partial charge >= 0.3 is 13.6 Å². The number of carbonyl (C=O) groups is 1. The highest BCUT2D eigenvalue weighted by Gasteiger charge is 2.34. The van der Waals surface area contributed by atoms with Crippen molar-refractivity contribution in [1.29, 1.82) is 0 Å². The van der Waals surface area contributed by atoms with Crippen LogP contribution in [-0.4, -0.2) is 39.0 Å². The standard InChI is InChI=1S/C13H19N2O4P/c1-18-20(17,19-2)9-8-12-10-14-13(16)15(12)11-6-4-3-5-7-11/h3-7,12H,8-10H2,1-2H3,(H,14,16). The van der Waals surface area contributed by atoms with E-state index in [4.69, 9.17) is 9.05 Å². The van der Waals surface area contributed by atoms with Crippen LogP contribution in [0, 0.1) is 0 Å². The van der Waals surface area contributed by atoms with E-state index in [1.54, 1.807) is 4.90 Å². The highest BCUT2D eigenvalue weighted by Crippen LogP contribution is 2.47. The molecule has 1 saturated heterocycles. The van der Waals surface area contributed by atoms with E-state index in [0.717, 1.165) is 5.69 Å². The molecule has 1 aromatic carbocycles. The number of hydrogen-bond donors (Lipinski definition) is 1. The molecule has 110 valence electrons. The fourth-order valence-corrected chi connectivity index (χ4v) is 3.39. The molecule has 0 bridgehead atoms. The summed E-state index contributed by atoms with van der Waals surface area (Å²) in [6.07, 6.45) is 0.829. The van der Waals surface area contributed by atoms with E-state index >= 15 is 0 Å². The molecule has 0 aromatic heterocycles. The third-order valence-corrected chi connectivity index (χ3v) is 5.32. The molecule has 6 nitrogen and oxygen atoms in total. The maximum Gasteiger partial charge on any atom is 0.330 e. The number of hydrogen-bond acceptors (Lipinski definition) is 4. The maximum atomic E-state index is 12.1. The molecule has 1 aliphatic heterocycles. The van der Waals surface area contributed by atoms with Gasteiger partial charge in [0.25, 0.3) is 0 Å². The Morgan fingerprint density at radius 1 is 1.30 bits per heavy atom. The largest absolute Gasteiger partial charge is 0.336 e. The van der Waals surface area contributed by atoms with E-state index in [1.807, 2.05) is 30.3 Å². The second kappa shape index (κ2) is 6.39. The van der Waals surface area contributed by atoms with E-state index in [1.165, 1.54) is 14.2 Å². The first-order valence-corrected chi connectivity index (χ1v) is 8.15. The Hall–Kier alpha value is -1.36. The van der Waals surface area contributed by atoms with E-state index in [0.29, 0.717) is 13.0 Å². The molecule has 1 fully saturated rings. The van der Waals surface area contributed by atoms with Gasteiger partial charge in [0.05, 0.1) is 12.2 Å². The topological polar surface area (TPSA) is 67.9 Å². The Morgan fingerprint density at radius 3 is 2.55 bits per heavy atom. The molecule has 1 heterocycles. The number of nitrogens with one attached hydrogen (secondary N) is 1. The van der Waals surface area contributed by atoms with Crippen molar-refractivity contribution in [1.82, 2.24) is 5.32 Å². The molecule has 1 N–H and O–H groups in total. The van der Waals surface area contributed by atoms with Crippen LogP contribution in [0.2, 0.25) is 0 Å². The normalized spacial score (nSPS) is 19.2. The Bertz CT molecular complexity index is 500. The molecule has 7 heteroatoms. The molecule has 0 saturated carbocycles. The molecule has 1 unspecified atom stereocenters. The number of anilines is 1. The van der Waals surface area contributed by atoms with Crippen LogP contribution < -0.4 is 10.2 Å². The average molecular weight is 298 g/mol. The van der Waals surface area contributed by atoms with Gasteiger partial charge in [-0.3, -0.25) is 9.46 Å². The second-order valence-electron chi connectivity index (χ2n) is 4.53. The molecule has 0 spiro atoms. The predicted molar refractivity (Wildman–Crippen MR) is 77.2 cm³/mol. The molecular formula is C13H19N2O4P. The fourth-order valence-electron chi connectivity index (χ4n) is 2.26. The number of rotatable bonds is 6. The molecular weight excluding hydrogens is 279 g/mol. The van der Waals surface area contributed by atoms with Gasteiger partial charge in [-0.15, -0.1) is 0 Å². The molecule has 1 aliphatic rings. The number of benzene rings is 1. The van der Waals surface area contributed by atoms with Crippen LogP contribution in [0.5, 0.6) is 0 Å². The Labute approximate surface area is 118 Å². The van der Waals surface area contributed by atoms with E-state index < -0.39 is 7.60 Å². The highest BCUT2D eigenvalue weighted by atomic mass is 31.2. The summed E-state index contributed by atoms with van der Waals surface area (Å²) in [6, 6.07) is 9.24. The predicted octanol–water partition coefficient (Wildman–Crippen LogP) is 2.46. The van der Waals surface area contributed by atoms with Gasteiger partial charge in [0.1, 0.15) is 0 Å². The Kier molecular flexibility index (Phi) is 4.81. The van der Waals surface area contributed by atoms with Gasteiger partial charge in [0.15, 0.2) is 0 Å². The Balaban J connectivity index is 2.08. The minimum Gasteiger partial charge on any atom is -0.336 e. The zero-order valence-electron chi connectivity index (χ0n) is 11.6. The van der Waals surface area contributed by atoms with Crippen molar-refractivity contribution in [3.05, 3.63) is 30.3 Å². The summed E-state index contributed by atoms with van der Waals surface area (Å²) < 4.78 is 21.9. The van der Waals surface area contributed by atoms with Crippen LogP contribution >= 0.6 is 7.60 Å². The SMILES string of the molecule is COP(=O)(CCC1CNC(=O)N1c1ccccc1)OC. The highest BCUT2D eigenvalue weighted by molar-refractivity contribution is 7.53. The van der Waals surface area contributed by atoms with Crippen LogP contribution in [-0.2, 0) is 13.6 Å². The second-order valence-corrected chi connectivity index (χ2v) is 6.93. The van der Waals surface area contributed by atoms with Crippen molar-refractivity contribution in [2.24, 2.45) is 0 Å². The van der Waals surface area contributed by atoms with Crippen molar-refractivity contribution in [3.8, 4) is 0 Å². The van der Waals surface area contributed by atoms with Gasteiger partial charge in [-0.25, -0.2) is 4.79 Å². The average Bonchev–Trinajstić information content (AvgIpc) is 2.86. The molecule has 20 heavy (non-hydrogen) atoms. The van der Waals surface area contributed by atoms with Crippen LogP contribution in [0.15, 0.2) is 30.3 Å². The lowest BCUT2D eigenvalue weighted by Crippen LogP contribution is -2.34. The summed E-state index contributed by atoms with van der Waals surface area (Å²) >= 11 is 0. The van der Waals surface area contributed by atoms with Gasteiger partial charge < -0.3 is 14.4 Å². The smallest absolute Gasteiger partial charge is 0.330 e. The number of urea groups is 1. The van der Waals surface area contributed by atoms with Crippen LogP contribution in [0.3, 0.4) is 0 Å². The summed E-state index contributed by atoms with van der Waals surface area (Å²) in [5, 5.41) is 2.81. The summed E-state index contributed by atoms with van der Waals surface area (Å²) in [5.41, 5.74) is 0.831. The first-order chi connectivity index (χ1) is 9.59. The van der Waals surface area contributed by atoms with E-state index in [9.17, 15) is 9.36 Å². The van der Waals surface area contributed by atoms with Gasteiger partial charge in [0.2, 0.25) is 0 Å². The lowest BCUT2D eigenvalue weighted by molar-refractivity contribution is 0.251. The molecule has 0 aliphatic carbocycles. The van der Waals surface area contributed by atoms with E-state index in [2.05, 4.69) is 5.32 Å². The lowest BCUT2D eigenvalue weighted by Gasteiger charge is -2.24. The quantitative estimate of drug-likeness (QED) is 0.819. The van der Waals surface area contributed by atoms with Crippen LogP contribution in [0.1, 0.15) is 6.42 Å². The number of para-hydroxylation sites is 1. The zero-order valence-corrected chi connectivity index (χ0v) is 12.5. The molecule has 0 radical (unpaired) electrons. The lowest BCUT2D eigenvalue weighted by atomic mass is 10.2. The van der Waals surface area contributed by atoms with Crippen LogP contribution in [0.25, 0.3) is 0 Å². The zero-order chi connectivity index (χ0) is 14.6. The minimum atomic E-state index is -3.04. The van der Waals surface area contributed by atoms with Crippen molar-refractivity contribution in [2.45, 2.75) is 12.5 Å². The molecule has 1 aromatic rings.